The van der Waals surface area contributed by atoms with Crippen LogP contribution < -0.4 is 10.6 Å². The lowest BCUT2D eigenvalue weighted by Crippen LogP contribution is -2.30. The maximum absolute atomic E-state index is 12.7. The second kappa shape index (κ2) is 4.14. The molecule has 3 fully saturated rings. The van der Waals surface area contributed by atoms with Crippen LogP contribution in [0.25, 0.3) is 0 Å². The number of carbonyl (C=O) groups excluding carboxylic acids is 1. The number of halogens is 1. The molecule has 0 heterocycles. The van der Waals surface area contributed by atoms with Crippen molar-refractivity contribution in [1.82, 2.24) is 0 Å². The first kappa shape index (κ1) is 12.5. The van der Waals surface area contributed by atoms with Crippen LogP contribution in [0.5, 0.6) is 0 Å². The highest BCUT2D eigenvalue weighted by Gasteiger charge is 2.67. The molecular weight excluding hydrogens is 272 g/mol. The van der Waals surface area contributed by atoms with E-state index in [2.05, 4.69) is 0 Å². The van der Waals surface area contributed by atoms with Gasteiger partial charge in [0.2, 0.25) is 5.91 Å². The molecule has 3 aliphatic rings. The zero-order valence-electron chi connectivity index (χ0n) is 11.6. The predicted octanol–water partition coefficient (Wildman–Crippen LogP) is 3.18. The van der Waals surface area contributed by atoms with Crippen molar-refractivity contribution in [3.8, 4) is 0 Å². The summed E-state index contributed by atoms with van der Waals surface area (Å²) in [5.74, 6) is 3.40. The highest BCUT2D eigenvalue weighted by Crippen LogP contribution is 2.69. The molecule has 0 saturated heterocycles. The zero-order valence-corrected chi connectivity index (χ0v) is 12.3. The van der Waals surface area contributed by atoms with Crippen molar-refractivity contribution in [2.24, 2.45) is 29.6 Å². The largest absolute Gasteiger partial charge is 0.397 e. The molecule has 4 atom stereocenters. The topological polar surface area (TPSA) is 46.3 Å². The van der Waals surface area contributed by atoms with E-state index in [1.165, 1.54) is 19.3 Å². The molecule has 0 radical (unpaired) electrons. The molecule has 20 heavy (non-hydrogen) atoms. The molecule has 3 nitrogen and oxygen atoms in total. The van der Waals surface area contributed by atoms with Crippen LogP contribution in [-0.4, -0.2) is 13.0 Å². The highest BCUT2D eigenvalue weighted by atomic mass is 35.5. The van der Waals surface area contributed by atoms with Crippen molar-refractivity contribution in [3.63, 3.8) is 0 Å². The van der Waals surface area contributed by atoms with Crippen LogP contribution in [0.3, 0.4) is 0 Å². The van der Waals surface area contributed by atoms with Gasteiger partial charge in [0.15, 0.2) is 0 Å². The summed E-state index contributed by atoms with van der Waals surface area (Å²) in [6.07, 6.45) is 4.03. The van der Waals surface area contributed by atoms with Crippen molar-refractivity contribution in [1.29, 1.82) is 0 Å². The molecule has 0 spiro atoms. The van der Waals surface area contributed by atoms with E-state index in [0.717, 1.165) is 17.5 Å². The third kappa shape index (κ3) is 1.62. The minimum absolute atomic E-state index is 0.227. The number of nitrogens with zero attached hydrogens (tertiary/aromatic N) is 1. The van der Waals surface area contributed by atoms with Crippen molar-refractivity contribution in [3.05, 3.63) is 23.2 Å². The van der Waals surface area contributed by atoms with Crippen LogP contribution in [-0.2, 0) is 4.79 Å². The standard InChI is InChI=1S/C16H19ClN2O/c1-19(12-7-10(17)4-5-11(12)18)16(20)15-13-8-2-3-9(6-8)14(13)15/h4-5,7-9,13-15H,2-3,6,18H2,1H3. The van der Waals surface area contributed by atoms with Crippen LogP contribution in [0, 0.1) is 29.6 Å². The van der Waals surface area contributed by atoms with Crippen LogP contribution in [0.2, 0.25) is 5.02 Å². The quantitative estimate of drug-likeness (QED) is 0.850. The summed E-state index contributed by atoms with van der Waals surface area (Å²) in [6, 6.07) is 5.30. The average Bonchev–Trinajstić information content (AvgIpc) is 2.87. The molecule has 0 aliphatic heterocycles. The van der Waals surface area contributed by atoms with Gasteiger partial charge < -0.3 is 10.6 Å². The van der Waals surface area contributed by atoms with Gasteiger partial charge in [-0.25, -0.2) is 0 Å². The third-order valence-electron chi connectivity index (χ3n) is 5.70. The van der Waals surface area contributed by atoms with Crippen molar-refractivity contribution < 1.29 is 4.79 Å². The molecule has 2 N–H and O–H groups in total. The summed E-state index contributed by atoms with van der Waals surface area (Å²) < 4.78 is 0. The van der Waals surface area contributed by atoms with Gasteiger partial charge in [-0.3, -0.25) is 4.79 Å². The van der Waals surface area contributed by atoms with E-state index in [1.54, 1.807) is 23.1 Å². The first-order valence-electron chi connectivity index (χ1n) is 7.40. The second-order valence-electron chi connectivity index (χ2n) is 6.61. The number of hydrogen-bond donors (Lipinski definition) is 1. The van der Waals surface area contributed by atoms with Gasteiger partial charge >= 0.3 is 0 Å². The van der Waals surface area contributed by atoms with Crippen LogP contribution >= 0.6 is 11.6 Å². The van der Waals surface area contributed by atoms with E-state index < -0.39 is 0 Å². The minimum Gasteiger partial charge on any atom is -0.397 e. The van der Waals surface area contributed by atoms with Crippen LogP contribution in [0.4, 0.5) is 11.4 Å². The molecule has 1 amide bonds. The van der Waals surface area contributed by atoms with Gasteiger partial charge in [-0.2, -0.15) is 0 Å². The van der Waals surface area contributed by atoms with Crippen molar-refractivity contribution >= 4 is 28.9 Å². The number of rotatable bonds is 2. The maximum atomic E-state index is 12.7. The maximum Gasteiger partial charge on any atom is 0.230 e. The van der Waals surface area contributed by atoms with Gasteiger partial charge in [0.1, 0.15) is 0 Å². The summed E-state index contributed by atoms with van der Waals surface area (Å²) in [5.41, 5.74) is 7.33. The average molecular weight is 291 g/mol. The van der Waals surface area contributed by atoms with Crippen LogP contribution in [0.15, 0.2) is 18.2 Å². The summed E-state index contributed by atoms with van der Waals surface area (Å²) in [6.45, 7) is 0. The first-order chi connectivity index (χ1) is 9.58. The van der Waals surface area contributed by atoms with Gasteiger partial charge in [-0.1, -0.05) is 11.6 Å². The molecule has 106 valence electrons. The lowest BCUT2D eigenvalue weighted by Gasteiger charge is -2.21. The zero-order chi connectivity index (χ0) is 14.0. The Bertz CT molecular complexity index is 572. The van der Waals surface area contributed by atoms with Crippen LogP contribution in [0.1, 0.15) is 19.3 Å². The molecule has 3 aliphatic carbocycles. The van der Waals surface area contributed by atoms with E-state index >= 15 is 0 Å². The molecule has 1 aromatic carbocycles. The van der Waals surface area contributed by atoms with E-state index in [-0.39, 0.29) is 11.8 Å². The van der Waals surface area contributed by atoms with Crippen molar-refractivity contribution in [2.75, 3.05) is 17.7 Å². The Balaban J connectivity index is 1.56. The molecule has 1 aromatic rings. The minimum atomic E-state index is 0.227. The van der Waals surface area contributed by atoms with Gasteiger partial charge in [0, 0.05) is 18.0 Å². The van der Waals surface area contributed by atoms with E-state index in [0.29, 0.717) is 22.5 Å². The molecule has 4 rings (SSSR count). The normalized spacial score (nSPS) is 36.8. The number of hydrogen-bond acceptors (Lipinski definition) is 2. The fourth-order valence-corrected chi connectivity index (χ4v) is 4.97. The molecule has 3 saturated carbocycles. The predicted molar refractivity (Wildman–Crippen MR) is 80.6 cm³/mol. The van der Waals surface area contributed by atoms with Gasteiger partial charge in [0.05, 0.1) is 11.4 Å². The van der Waals surface area contributed by atoms with Crippen molar-refractivity contribution in [2.45, 2.75) is 19.3 Å². The number of amides is 1. The van der Waals surface area contributed by atoms with Gasteiger partial charge in [-0.15, -0.1) is 0 Å². The molecule has 4 heteroatoms. The second-order valence-corrected chi connectivity index (χ2v) is 7.05. The third-order valence-corrected chi connectivity index (χ3v) is 5.94. The molecular formula is C16H19ClN2O. The lowest BCUT2D eigenvalue weighted by molar-refractivity contribution is -0.120. The van der Waals surface area contributed by atoms with Gasteiger partial charge in [0.25, 0.3) is 0 Å². The first-order valence-corrected chi connectivity index (χ1v) is 7.78. The molecule has 4 unspecified atom stereocenters. The Labute approximate surface area is 124 Å². The summed E-state index contributed by atoms with van der Waals surface area (Å²) >= 11 is 6.02. The Kier molecular flexibility index (Phi) is 2.59. The SMILES string of the molecule is CN(C(=O)C1C2C3CCC(C3)C12)c1cc(Cl)ccc1N. The highest BCUT2D eigenvalue weighted by molar-refractivity contribution is 6.31. The summed E-state index contributed by atoms with van der Waals surface area (Å²) in [5, 5.41) is 0.616. The van der Waals surface area contributed by atoms with E-state index in [1.807, 2.05) is 7.05 Å². The number of fused-ring (bicyclic) bond motifs is 5. The fourth-order valence-electron chi connectivity index (χ4n) is 4.80. The van der Waals surface area contributed by atoms with Gasteiger partial charge in [-0.05, 0) is 61.1 Å². The lowest BCUT2D eigenvalue weighted by atomic mass is 10.0. The Morgan fingerprint density at radius 1 is 1.30 bits per heavy atom. The monoisotopic (exact) mass is 290 g/mol. The smallest absolute Gasteiger partial charge is 0.230 e. The number of benzene rings is 1. The van der Waals surface area contributed by atoms with E-state index in [9.17, 15) is 4.79 Å². The summed E-state index contributed by atoms with van der Waals surface area (Å²) in [4.78, 5) is 14.4. The number of nitrogens with two attached hydrogens (primary N) is 1. The summed E-state index contributed by atoms with van der Waals surface area (Å²) in [7, 11) is 1.82. The molecule has 2 bridgehead atoms. The Morgan fingerprint density at radius 2 is 1.95 bits per heavy atom. The number of nitrogen functional groups attached to an aromatic ring is 1. The Hall–Kier alpha value is -1.22. The number of anilines is 2. The Morgan fingerprint density at radius 3 is 2.60 bits per heavy atom. The number of carbonyl (C=O) groups is 1. The fraction of sp³-hybridized carbons (Fsp3) is 0.562. The van der Waals surface area contributed by atoms with E-state index in [4.69, 9.17) is 17.3 Å². The molecule has 0 aromatic heterocycles.